The van der Waals surface area contributed by atoms with Gasteiger partial charge >= 0.3 is 0 Å². The van der Waals surface area contributed by atoms with Crippen LogP contribution in [-0.4, -0.2) is 41.7 Å². The fourth-order valence-corrected chi connectivity index (χ4v) is 2.84. The summed E-state index contributed by atoms with van der Waals surface area (Å²) in [6.07, 6.45) is 7.80. The van der Waals surface area contributed by atoms with Gasteiger partial charge < -0.3 is 14.3 Å². The third-order valence-electron chi connectivity index (χ3n) is 4.02. The van der Waals surface area contributed by atoms with Crippen molar-refractivity contribution in [2.24, 2.45) is 0 Å². The van der Waals surface area contributed by atoms with Crippen LogP contribution < -0.4 is 4.89 Å². The van der Waals surface area contributed by atoms with Gasteiger partial charge in [0, 0.05) is 0 Å². The maximum absolute atomic E-state index is 9.91. The highest BCUT2D eigenvalue weighted by molar-refractivity contribution is 7.43. The Morgan fingerprint density at radius 2 is 1.20 bits per heavy atom. The molecule has 0 saturated heterocycles. The number of hydrogen-bond acceptors (Lipinski definition) is 2. The minimum Gasteiger partial charge on any atom is -0.808 e. The molecule has 0 fully saturated rings. The smallest absolute Gasteiger partial charge is 0.0786 e. The largest absolute Gasteiger partial charge is 0.808 e. The highest BCUT2D eigenvalue weighted by Crippen LogP contribution is 2.18. The van der Waals surface area contributed by atoms with E-state index in [4.69, 9.17) is 4.89 Å². The summed E-state index contributed by atoms with van der Waals surface area (Å²) in [7, 11) is -1.86. The van der Waals surface area contributed by atoms with Crippen LogP contribution in [0.5, 0.6) is 0 Å². The summed E-state index contributed by atoms with van der Waals surface area (Å²) in [6, 6.07) is 0. The van der Waals surface area contributed by atoms with E-state index in [1.165, 1.54) is 56.3 Å². The highest BCUT2D eigenvalue weighted by Gasteiger charge is 2.20. The molecule has 124 valence electrons. The lowest BCUT2D eigenvalue weighted by Gasteiger charge is -2.37. The Hall–Kier alpha value is 0.310. The molecule has 1 N–H and O–H groups in total. The van der Waals surface area contributed by atoms with Gasteiger partial charge in [0.15, 0.2) is 0 Å². The summed E-state index contributed by atoms with van der Waals surface area (Å²) in [5.41, 5.74) is 0. The fraction of sp³-hybridized carbons (Fsp3) is 1.00. The van der Waals surface area contributed by atoms with E-state index in [2.05, 4.69) is 27.7 Å². The van der Waals surface area contributed by atoms with Gasteiger partial charge in [-0.1, -0.05) is 48.4 Å². The Kier molecular flexibility index (Phi) is 17.7. The van der Waals surface area contributed by atoms with Crippen molar-refractivity contribution in [3.8, 4) is 0 Å². The van der Waals surface area contributed by atoms with Gasteiger partial charge in [0.05, 0.1) is 26.2 Å². The molecule has 0 heterocycles. The van der Waals surface area contributed by atoms with Crippen molar-refractivity contribution in [3.63, 3.8) is 0 Å². The lowest BCUT2D eigenvalue weighted by molar-refractivity contribution is -0.925. The Morgan fingerprint density at radius 3 is 1.40 bits per heavy atom. The van der Waals surface area contributed by atoms with E-state index in [0.29, 0.717) is 6.16 Å². The molecule has 0 aromatic heterocycles. The second kappa shape index (κ2) is 15.7. The first-order chi connectivity index (χ1) is 9.51. The van der Waals surface area contributed by atoms with Crippen LogP contribution in [0.1, 0.15) is 73.1 Å². The third-order valence-corrected chi connectivity index (χ3v) is 4.72. The Morgan fingerprint density at radius 1 is 0.800 bits per heavy atom. The van der Waals surface area contributed by atoms with Crippen LogP contribution in [0.15, 0.2) is 0 Å². The summed E-state index contributed by atoms with van der Waals surface area (Å²) >= 11 is 0. The molecule has 1 unspecified atom stereocenters. The first-order valence-corrected chi connectivity index (χ1v) is 9.90. The molecular formula is C16H38NO2P. The molecular weight excluding hydrogens is 269 g/mol. The SMILES string of the molecule is CCCCP([O-])O.CCCC[N+](CC)(CC)CCCC. The molecule has 0 saturated carbocycles. The zero-order chi connectivity index (χ0) is 15.9. The minimum absolute atomic E-state index is 0.464. The van der Waals surface area contributed by atoms with Crippen LogP contribution in [0.25, 0.3) is 0 Å². The number of quaternary nitrogens is 1. The summed E-state index contributed by atoms with van der Waals surface area (Å²) < 4.78 is 1.35. The van der Waals surface area contributed by atoms with E-state index in [1.807, 2.05) is 6.92 Å². The van der Waals surface area contributed by atoms with E-state index in [-0.39, 0.29) is 0 Å². The topological polar surface area (TPSA) is 43.3 Å². The molecule has 0 aliphatic rings. The lowest BCUT2D eigenvalue weighted by atomic mass is 10.2. The Labute approximate surface area is 128 Å². The zero-order valence-electron chi connectivity index (χ0n) is 14.5. The van der Waals surface area contributed by atoms with E-state index in [9.17, 15) is 4.89 Å². The number of hydrogen-bond donors (Lipinski definition) is 1. The molecule has 3 nitrogen and oxygen atoms in total. The summed E-state index contributed by atoms with van der Waals surface area (Å²) in [5.74, 6) is 0. The summed E-state index contributed by atoms with van der Waals surface area (Å²) in [4.78, 5) is 18.1. The van der Waals surface area contributed by atoms with Crippen LogP contribution >= 0.6 is 8.38 Å². The van der Waals surface area contributed by atoms with Crippen molar-refractivity contribution < 1.29 is 14.3 Å². The normalized spacial score (nSPS) is 12.8. The van der Waals surface area contributed by atoms with Gasteiger partial charge in [-0.25, -0.2) is 0 Å². The summed E-state index contributed by atoms with van der Waals surface area (Å²) in [6.45, 7) is 16.7. The molecule has 0 aliphatic carbocycles. The highest BCUT2D eigenvalue weighted by atomic mass is 31.2. The predicted octanol–water partition coefficient (Wildman–Crippen LogP) is 3.89. The number of unbranched alkanes of at least 4 members (excludes halogenated alkanes) is 3. The molecule has 0 radical (unpaired) electrons. The van der Waals surface area contributed by atoms with E-state index < -0.39 is 8.38 Å². The van der Waals surface area contributed by atoms with Crippen molar-refractivity contribution >= 4 is 8.38 Å². The standard InChI is InChI=1S/C12H28N.C4H10O2P/c1-5-9-11-13(7-3,8-4)12-10-6-2;1-2-3-4-7(5)6/h5-12H2,1-4H3;5H,2-4H2,1H3/q+1;-1. The van der Waals surface area contributed by atoms with Gasteiger partial charge in [-0.15, -0.1) is 0 Å². The first-order valence-electron chi connectivity index (χ1n) is 8.50. The molecule has 20 heavy (non-hydrogen) atoms. The van der Waals surface area contributed by atoms with Crippen LogP contribution in [-0.2, 0) is 0 Å². The van der Waals surface area contributed by atoms with Gasteiger partial charge in [-0.2, -0.15) is 0 Å². The summed E-state index contributed by atoms with van der Waals surface area (Å²) in [5, 5.41) is 0. The van der Waals surface area contributed by atoms with Crippen LogP contribution in [0.2, 0.25) is 0 Å². The predicted molar refractivity (Wildman–Crippen MR) is 89.8 cm³/mol. The zero-order valence-corrected chi connectivity index (χ0v) is 15.4. The van der Waals surface area contributed by atoms with Crippen molar-refractivity contribution in [3.05, 3.63) is 0 Å². The quantitative estimate of drug-likeness (QED) is 0.465. The number of rotatable bonds is 11. The van der Waals surface area contributed by atoms with Gasteiger partial charge in [0.2, 0.25) is 0 Å². The van der Waals surface area contributed by atoms with Crippen LogP contribution in [0, 0.1) is 0 Å². The molecule has 0 amide bonds. The Balaban J connectivity index is 0. The van der Waals surface area contributed by atoms with Crippen molar-refractivity contribution in [2.75, 3.05) is 32.3 Å². The van der Waals surface area contributed by atoms with Gasteiger partial charge in [-0.05, 0) is 39.3 Å². The Bertz CT molecular complexity index is 175. The fourth-order valence-electron chi connectivity index (χ4n) is 2.25. The second-order valence-corrected chi connectivity index (χ2v) is 6.71. The third kappa shape index (κ3) is 13.3. The molecule has 0 aliphatic heterocycles. The molecule has 1 atom stereocenters. The monoisotopic (exact) mass is 307 g/mol. The van der Waals surface area contributed by atoms with Crippen LogP contribution in [0.3, 0.4) is 0 Å². The number of nitrogens with zero attached hydrogens (tertiary/aromatic N) is 1. The molecule has 0 aromatic rings. The maximum atomic E-state index is 9.91. The van der Waals surface area contributed by atoms with Crippen LogP contribution in [0.4, 0.5) is 0 Å². The van der Waals surface area contributed by atoms with Gasteiger partial charge in [0.1, 0.15) is 0 Å². The molecule has 0 bridgehead atoms. The first kappa shape index (κ1) is 22.6. The van der Waals surface area contributed by atoms with Gasteiger partial charge in [-0.3, -0.25) is 0 Å². The maximum Gasteiger partial charge on any atom is 0.0786 e. The van der Waals surface area contributed by atoms with E-state index >= 15 is 0 Å². The molecule has 4 heteroatoms. The molecule has 0 aromatic carbocycles. The van der Waals surface area contributed by atoms with E-state index in [1.54, 1.807) is 0 Å². The van der Waals surface area contributed by atoms with Gasteiger partial charge in [0.25, 0.3) is 0 Å². The van der Waals surface area contributed by atoms with Crippen molar-refractivity contribution in [1.29, 1.82) is 0 Å². The lowest BCUT2D eigenvalue weighted by Crippen LogP contribution is -2.49. The van der Waals surface area contributed by atoms with E-state index in [0.717, 1.165) is 12.8 Å². The average Bonchev–Trinajstić information content (AvgIpc) is 2.47. The molecule has 0 spiro atoms. The molecule has 0 rings (SSSR count). The van der Waals surface area contributed by atoms with Crippen molar-refractivity contribution in [1.82, 2.24) is 0 Å². The average molecular weight is 307 g/mol. The second-order valence-electron chi connectivity index (χ2n) is 5.56. The minimum atomic E-state index is -1.86. The van der Waals surface area contributed by atoms with Crippen molar-refractivity contribution in [2.45, 2.75) is 73.1 Å².